The number of nitrogens with one attached hydrogen (secondary N) is 2. The van der Waals surface area contributed by atoms with Gasteiger partial charge in [-0.15, -0.1) is 6.58 Å². The van der Waals surface area contributed by atoms with Gasteiger partial charge < -0.3 is 19.8 Å². The van der Waals surface area contributed by atoms with Crippen LogP contribution >= 0.6 is 0 Å². The second kappa shape index (κ2) is 18.6. The van der Waals surface area contributed by atoms with E-state index in [1.165, 1.54) is 0 Å². The minimum Gasteiger partial charge on any atom is -0.341 e. The fourth-order valence-electron chi connectivity index (χ4n) is 2.85. The number of amides is 4. The third kappa shape index (κ3) is 10.8. The van der Waals surface area contributed by atoms with Crippen LogP contribution in [0.5, 0.6) is 0 Å². The van der Waals surface area contributed by atoms with Crippen molar-refractivity contribution in [3.8, 4) is 0 Å². The topological polar surface area (TPSA) is 64.7 Å². The molecule has 0 bridgehead atoms. The molecule has 4 amide bonds. The summed E-state index contributed by atoms with van der Waals surface area (Å²) in [7, 11) is 0.194. The summed E-state index contributed by atoms with van der Waals surface area (Å²) < 4.78 is 3.68. The van der Waals surface area contributed by atoms with E-state index in [4.69, 9.17) is 0 Å². The number of benzene rings is 2. The highest BCUT2D eigenvalue weighted by Gasteiger charge is 2.31. The maximum Gasteiger partial charge on any atom is 0.313 e. The molecule has 0 spiro atoms. The Morgan fingerprint density at radius 1 is 0.794 bits per heavy atom. The van der Waals surface area contributed by atoms with Gasteiger partial charge in [0.05, 0.1) is 0 Å². The second-order valence-corrected chi connectivity index (χ2v) is 14.3. The lowest BCUT2D eigenvalue weighted by Gasteiger charge is -2.34. The summed E-state index contributed by atoms with van der Waals surface area (Å²) in [4.78, 5) is 23.5. The lowest BCUT2D eigenvalue weighted by atomic mass is 10.3. The van der Waals surface area contributed by atoms with Crippen molar-refractivity contribution in [3.63, 3.8) is 0 Å². The average Bonchev–Trinajstić information content (AvgIpc) is 2.75. The van der Waals surface area contributed by atoms with Gasteiger partial charge in [0.15, 0.2) is 8.24 Å². The summed E-state index contributed by atoms with van der Waals surface area (Å²) in [6, 6.07) is 19.3. The van der Waals surface area contributed by atoms with Gasteiger partial charge in [-0.2, -0.15) is 0 Å². The predicted octanol–water partition coefficient (Wildman–Crippen LogP) is 7.12. The number of anilines is 2. The van der Waals surface area contributed by atoms with Crippen molar-refractivity contribution >= 4 is 40.6 Å². The maximum absolute atomic E-state index is 11.9. The number of hydrogen-bond donors (Lipinski definition) is 2. The van der Waals surface area contributed by atoms with Crippen LogP contribution in [0.3, 0.4) is 0 Å². The van der Waals surface area contributed by atoms with E-state index < -0.39 is 17.2 Å². The van der Waals surface area contributed by atoms with Crippen LogP contribution in [0.1, 0.15) is 29.7 Å². The molecule has 2 N–H and O–H groups in total. The van der Waals surface area contributed by atoms with E-state index in [1.807, 2.05) is 75.5 Å². The molecule has 0 saturated carbocycles. The van der Waals surface area contributed by atoms with Crippen molar-refractivity contribution in [2.45, 2.75) is 55.9 Å². The molecule has 0 heterocycles. The molecule has 6 nitrogen and oxygen atoms in total. The minimum atomic E-state index is -1.95. The zero-order valence-corrected chi connectivity index (χ0v) is 21.0. The maximum atomic E-state index is 11.9. The molecule has 0 saturated heterocycles. The predicted molar refractivity (Wildman–Crippen MR) is 160 cm³/mol. The Balaban J connectivity index is -0.000000238. The summed E-state index contributed by atoms with van der Waals surface area (Å²) in [5.41, 5.74) is 3.79. The highest BCUT2D eigenvalue weighted by molar-refractivity contribution is 6.88. The van der Waals surface area contributed by atoms with Crippen LogP contribution in [-0.2, 0) is 0 Å². The van der Waals surface area contributed by atoms with Gasteiger partial charge in [0.2, 0.25) is 0 Å². The molecule has 0 atom stereocenters. The van der Waals surface area contributed by atoms with Crippen molar-refractivity contribution in [1.82, 2.24) is 10.6 Å². The minimum absolute atomic E-state index is 0. The number of carbonyl (C=O) groups is 2. The fraction of sp³-hybridized carbons (Fsp3) is 0.385. The van der Waals surface area contributed by atoms with Crippen LogP contribution < -0.4 is 19.8 Å². The molecule has 2 aromatic rings. The molecule has 34 heavy (non-hydrogen) atoms. The number of urea groups is 2. The molecular formula is C26H50N4O2Si2. The quantitative estimate of drug-likeness (QED) is 0.424. The first kappa shape index (κ1) is 38.4. The normalized spacial score (nSPS) is 9.15. The summed E-state index contributed by atoms with van der Waals surface area (Å²) in [5.74, 6) is 0. The SMILES string of the molecule is C.C.C.C.C=C[Si](C)(C)N(C(=O)NC)c1ccccc1.CNC(=O)N(c1ccccc1)[SiH](C)C. The lowest BCUT2D eigenvalue weighted by Crippen LogP contribution is -2.54. The third-order valence-electron chi connectivity index (χ3n) is 4.49. The van der Waals surface area contributed by atoms with E-state index in [9.17, 15) is 9.59 Å². The number of carbonyl (C=O) groups excluding carboxylic acids is 2. The summed E-state index contributed by atoms with van der Waals surface area (Å²) in [5, 5.41) is 5.34. The van der Waals surface area contributed by atoms with Crippen molar-refractivity contribution < 1.29 is 9.59 Å². The van der Waals surface area contributed by atoms with Gasteiger partial charge in [-0.25, -0.2) is 9.59 Å². The fourth-order valence-corrected chi connectivity index (χ4v) is 5.85. The standard InChI is InChI=1S/C12H18N2OSi.C10H16N2OSi.4CH4/c1-5-16(3,4)14(12(15)13-2)11-9-7-6-8-10-11;1-11-10(13)12(14(2)3)9-7-5-4-6-8-9;;;;/h5-10H,1H2,2-4H3,(H,13,15);4-8,14H,1-3H3,(H,11,13);4*1H4. The molecule has 0 fully saturated rings. The monoisotopic (exact) mass is 506 g/mol. The Kier molecular flexibility index (Phi) is 21.0. The van der Waals surface area contributed by atoms with Crippen LogP contribution in [-0.4, -0.2) is 43.4 Å². The first-order valence-corrected chi connectivity index (χ1v) is 15.8. The number of nitrogens with zero attached hydrogens (tertiary/aromatic N) is 2. The van der Waals surface area contributed by atoms with Gasteiger partial charge in [-0.05, 0) is 37.4 Å². The zero-order valence-electron chi connectivity index (χ0n) is 18.8. The smallest absolute Gasteiger partial charge is 0.313 e. The highest BCUT2D eigenvalue weighted by Crippen LogP contribution is 2.22. The van der Waals surface area contributed by atoms with Gasteiger partial charge >= 0.3 is 12.1 Å². The van der Waals surface area contributed by atoms with Crippen molar-refractivity contribution in [2.24, 2.45) is 0 Å². The van der Waals surface area contributed by atoms with Gasteiger partial charge in [-0.1, -0.05) is 84.9 Å². The Morgan fingerprint density at radius 3 is 1.50 bits per heavy atom. The van der Waals surface area contributed by atoms with Crippen molar-refractivity contribution in [1.29, 1.82) is 0 Å². The first-order valence-electron chi connectivity index (χ1n) is 9.96. The van der Waals surface area contributed by atoms with E-state index in [-0.39, 0.29) is 41.8 Å². The van der Waals surface area contributed by atoms with E-state index in [2.05, 4.69) is 43.4 Å². The van der Waals surface area contributed by atoms with Crippen LogP contribution in [0.15, 0.2) is 72.9 Å². The molecular weight excluding hydrogens is 456 g/mol. The van der Waals surface area contributed by atoms with Gasteiger partial charge in [0.25, 0.3) is 0 Å². The molecule has 0 radical (unpaired) electrons. The van der Waals surface area contributed by atoms with Crippen LogP contribution in [0.4, 0.5) is 21.0 Å². The Morgan fingerprint density at radius 2 is 1.18 bits per heavy atom. The zero-order chi connectivity index (χ0) is 22.7. The van der Waals surface area contributed by atoms with Gasteiger partial charge in [-0.3, -0.25) is 0 Å². The van der Waals surface area contributed by atoms with E-state index in [1.54, 1.807) is 14.1 Å². The van der Waals surface area contributed by atoms with Gasteiger partial charge in [0.1, 0.15) is 8.96 Å². The van der Waals surface area contributed by atoms with Crippen molar-refractivity contribution in [2.75, 3.05) is 23.2 Å². The van der Waals surface area contributed by atoms with E-state index in [0.29, 0.717) is 0 Å². The molecule has 8 heteroatoms. The van der Waals surface area contributed by atoms with Crippen LogP contribution in [0, 0.1) is 0 Å². The molecule has 0 aliphatic carbocycles. The van der Waals surface area contributed by atoms with E-state index in [0.717, 1.165) is 11.4 Å². The summed E-state index contributed by atoms with van der Waals surface area (Å²) in [6.07, 6.45) is 0. The number of para-hydroxylation sites is 2. The largest absolute Gasteiger partial charge is 0.341 e. The molecule has 0 unspecified atom stereocenters. The first-order chi connectivity index (χ1) is 14.2. The molecule has 0 aromatic heterocycles. The van der Waals surface area contributed by atoms with Crippen LogP contribution in [0.25, 0.3) is 0 Å². The average molecular weight is 507 g/mol. The summed E-state index contributed by atoms with van der Waals surface area (Å²) >= 11 is 0. The molecule has 2 aromatic carbocycles. The number of hydrogen-bond acceptors (Lipinski definition) is 2. The van der Waals surface area contributed by atoms with Gasteiger partial charge in [0, 0.05) is 25.5 Å². The lowest BCUT2D eigenvalue weighted by molar-refractivity contribution is 0.250. The highest BCUT2D eigenvalue weighted by atomic mass is 28.3. The third-order valence-corrected chi connectivity index (χ3v) is 8.67. The van der Waals surface area contributed by atoms with Crippen molar-refractivity contribution in [3.05, 3.63) is 72.9 Å². The molecule has 2 rings (SSSR count). The Labute approximate surface area is 212 Å². The second-order valence-electron chi connectivity index (χ2n) is 7.44. The van der Waals surface area contributed by atoms with E-state index >= 15 is 0 Å². The Bertz CT molecular complexity index is 816. The molecule has 194 valence electrons. The molecule has 0 aliphatic heterocycles. The van der Waals surface area contributed by atoms with Crippen LogP contribution in [0.2, 0.25) is 26.2 Å². The summed E-state index contributed by atoms with van der Waals surface area (Å²) in [6.45, 7) is 12.3. The molecule has 0 aliphatic rings. The Hall–Kier alpha value is -2.85. The number of rotatable bonds is 5.